The van der Waals surface area contributed by atoms with E-state index in [4.69, 9.17) is 10.7 Å². The van der Waals surface area contributed by atoms with E-state index < -0.39 is 27.1 Å². The van der Waals surface area contributed by atoms with Gasteiger partial charge in [-0.15, -0.1) is 0 Å². The van der Waals surface area contributed by atoms with E-state index in [9.17, 15) is 12.8 Å². The molecule has 1 saturated heterocycles. The number of hydrogen-bond donors (Lipinski definition) is 3. The molecule has 1 fully saturated rings. The third kappa shape index (κ3) is 3.59. The fourth-order valence-corrected chi connectivity index (χ4v) is 4.86. The molecule has 1 aromatic carbocycles. The third-order valence-corrected chi connectivity index (χ3v) is 6.98. The minimum Gasteiger partial charge on any atom is -0.345 e. The Morgan fingerprint density at radius 2 is 2.10 bits per heavy atom. The van der Waals surface area contributed by atoms with Crippen molar-refractivity contribution < 1.29 is 12.8 Å². The second-order valence-electron chi connectivity index (χ2n) is 7.27. The van der Waals surface area contributed by atoms with Gasteiger partial charge in [0.25, 0.3) is 0 Å². The van der Waals surface area contributed by atoms with Crippen molar-refractivity contribution >= 4 is 38.5 Å². The summed E-state index contributed by atoms with van der Waals surface area (Å²) < 4.78 is 40.4. The van der Waals surface area contributed by atoms with E-state index in [0.717, 1.165) is 4.31 Å². The van der Waals surface area contributed by atoms with Crippen molar-refractivity contribution in [2.45, 2.75) is 12.5 Å². The van der Waals surface area contributed by atoms with Crippen LogP contribution in [-0.2, 0) is 15.6 Å². The Morgan fingerprint density at radius 3 is 2.81 bits per heavy atom. The first kappa shape index (κ1) is 20.4. The summed E-state index contributed by atoms with van der Waals surface area (Å²) in [6, 6.07) is 7.73. The normalized spacial score (nSPS) is 20.2. The molecule has 1 aliphatic heterocycles. The Morgan fingerprint density at radius 1 is 1.32 bits per heavy atom. The van der Waals surface area contributed by atoms with Gasteiger partial charge in [-0.2, -0.15) is 5.26 Å². The van der Waals surface area contributed by atoms with Crippen molar-refractivity contribution in [3.05, 3.63) is 53.7 Å². The number of benzene rings is 1. The standard InChI is InChI=1S/C19H17FN8O2S/c1-19(9-31(29,30)28(2)18(22)27-19)13-6-12(3-4-14(13)20)26-17-16-15(24-10-25-17)5-11(7-21)8-23-16/h3-6,8,10H,9H2,1-2H3,(H2,22,27)(H,24,25,26)/t19-/m0/s1. The monoisotopic (exact) mass is 440 g/mol. The van der Waals surface area contributed by atoms with Gasteiger partial charge in [0.1, 0.15) is 23.7 Å². The summed E-state index contributed by atoms with van der Waals surface area (Å²) in [5, 5.41) is 22.8. The maximum Gasteiger partial charge on any atom is 0.239 e. The lowest BCUT2D eigenvalue weighted by Crippen LogP contribution is -2.61. The number of nitrogens with one attached hydrogen (secondary N) is 3. The number of hydrogen-bond acceptors (Lipinski definition) is 8. The van der Waals surface area contributed by atoms with E-state index in [1.807, 2.05) is 6.07 Å². The molecule has 1 aliphatic rings. The van der Waals surface area contributed by atoms with Crippen LogP contribution in [0.1, 0.15) is 18.1 Å². The second kappa shape index (κ2) is 7.13. The number of guanidine groups is 1. The first-order valence-electron chi connectivity index (χ1n) is 9.04. The average molecular weight is 440 g/mol. The maximum absolute atomic E-state index is 14.7. The van der Waals surface area contributed by atoms with Crippen LogP contribution in [-0.4, -0.2) is 46.4 Å². The molecule has 10 nitrogen and oxygen atoms in total. The van der Waals surface area contributed by atoms with Gasteiger partial charge in [0.2, 0.25) is 16.0 Å². The molecule has 3 aromatic rings. The van der Waals surface area contributed by atoms with Gasteiger partial charge < -0.3 is 10.6 Å². The number of aromatic nitrogens is 3. The molecule has 0 aliphatic carbocycles. The molecule has 3 heterocycles. The molecule has 31 heavy (non-hydrogen) atoms. The van der Waals surface area contributed by atoms with E-state index >= 15 is 0 Å². The average Bonchev–Trinajstić information content (AvgIpc) is 2.72. The maximum atomic E-state index is 14.7. The number of halogens is 1. The number of fused-ring (bicyclic) bond motifs is 1. The highest BCUT2D eigenvalue weighted by molar-refractivity contribution is 7.89. The molecule has 4 rings (SSSR count). The predicted molar refractivity (Wildman–Crippen MR) is 111 cm³/mol. The highest BCUT2D eigenvalue weighted by atomic mass is 32.2. The molecular weight excluding hydrogens is 423 g/mol. The van der Waals surface area contributed by atoms with Gasteiger partial charge in [0.15, 0.2) is 5.82 Å². The first-order chi connectivity index (χ1) is 14.6. The third-order valence-electron chi connectivity index (χ3n) is 5.03. The lowest BCUT2D eigenvalue weighted by atomic mass is 9.93. The van der Waals surface area contributed by atoms with Crippen molar-refractivity contribution in [3.8, 4) is 6.07 Å². The summed E-state index contributed by atoms with van der Waals surface area (Å²) in [5.74, 6) is -1.04. The van der Waals surface area contributed by atoms with E-state index in [-0.39, 0.29) is 11.5 Å². The molecular formula is C19H17FN8O2S. The smallest absolute Gasteiger partial charge is 0.239 e. The summed E-state index contributed by atoms with van der Waals surface area (Å²) in [4.78, 5) is 12.5. The quantitative estimate of drug-likeness (QED) is 0.558. The van der Waals surface area contributed by atoms with Crippen molar-refractivity contribution in [1.82, 2.24) is 24.6 Å². The van der Waals surface area contributed by atoms with E-state index in [2.05, 4.69) is 25.6 Å². The largest absolute Gasteiger partial charge is 0.345 e. The van der Waals surface area contributed by atoms with Crippen LogP contribution in [0.25, 0.3) is 11.0 Å². The molecule has 0 spiro atoms. The summed E-state index contributed by atoms with van der Waals surface area (Å²) in [6.07, 6.45) is 2.71. The van der Waals surface area contributed by atoms with Gasteiger partial charge in [-0.3, -0.25) is 5.41 Å². The van der Waals surface area contributed by atoms with Gasteiger partial charge in [0.05, 0.1) is 22.4 Å². The Bertz CT molecular complexity index is 1370. The van der Waals surface area contributed by atoms with Crippen molar-refractivity contribution in [1.29, 1.82) is 10.7 Å². The van der Waals surface area contributed by atoms with Gasteiger partial charge in [-0.05, 0) is 31.2 Å². The number of nitrogens with zero attached hydrogens (tertiary/aromatic N) is 5. The number of pyridine rings is 1. The Balaban J connectivity index is 1.74. The van der Waals surface area contributed by atoms with Gasteiger partial charge in [-0.25, -0.2) is 32.1 Å². The molecule has 0 unspecified atom stereocenters. The van der Waals surface area contributed by atoms with Gasteiger partial charge in [-0.1, -0.05) is 0 Å². The first-order valence-corrected chi connectivity index (χ1v) is 10.7. The molecule has 12 heteroatoms. The van der Waals surface area contributed by atoms with Crippen LogP contribution in [0.3, 0.4) is 0 Å². The SMILES string of the molecule is CN1C(=N)N[C@](C)(c2cc(Nc3ncnc4cc(C#N)cnc34)ccc2F)CS1(=O)=O. The summed E-state index contributed by atoms with van der Waals surface area (Å²) >= 11 is 0. The molecule has 0 amide bonds. The Labute approximate surface area is 177 Å². The zero-order chi connectivity index (χ0) is 22.4. The topological polar surface area (TPSA) is 148 Å². The fraction of sp³-hybridized carbons (Fsp3) is 0.211. The number of anilines is 2. The van der Waals surface area contributed by atoms with Crippen LogP contribution < -0.4 is 10.6 Å². The van der Waals surface area contributed by atoms with Gasteiger partial charge in [0, 0.05) is 24.5 Å². The second-order valence-corrected chi connectivity index (χ2v) is 9.28. The van der Waals surface area contributed by atoms with Crippen molar-refractivity contribution in [2.24, 2.45) is 0 Å². The lowest BCUT2D eigenvalue weighted by molar-refractivity contribution is 0.403. The lowest BCUT2D eigenvalue weighted by Gasteiger charge is -2.40. The zero-order valence-corrected chi connectivity index (χ0v) is 17.3. The van der Waals surface area contributed by atoms with E-state index in [1.54, 1.807) is 6.07 Å². The van der Waals surface area contributed by atoms with Crippen LogP contribution in [0.4, 0.5) is 15.9 Å². The Hall–Kier alpha value is -3.85. The minimum atomic E-state index is -3.79. The number of sulfonamides is 1. The van der Waals surface area contributed by atoms with E-state index in [0.29, 0.717) is 28.1 Å². The molecule has 1 atom stereocenters. The van der Waals surface area contributed by atoms with Crippen LogP contribution in [0, 0.1) is 22.6 Å². The minimum absolute atomic E-state index is 0.0806. The number of rotatable bonds is 3. The molecule has 3 N–H and O–H groups in total. The van der Waals surface area contributed by atoms with Crippen molar-refractivity contribution in [3.63, 3.8) is 0 Å². The molecule has 0 radical (unpaired) electrons. The molecule has 2 aromatic heterocycles. The highest BCUT2D eigenvalue weighted by Crippen LogP contribution is 2.32. The fourth-order valence-electron chi connectivity index (χ4n) is 3.38. The molecule has 0 bridgehead atoms. The van der Waals surface area contributed by atoms with Gasteiger partial charge >= 0.3 is 0 Å². The zero-order valence-electron chi connectivity index (χ0n) is 16.5. The Kier molecular flexibility index (Phi) is 4.70. The van der Waals surface area contributed by atoms with Crippen LogP contribution >= 0.6 is 0 Å². The highest BCUT2D eigenvalue weighted by Gasteiger charge is 2.43. The summed E-state index contributed by atoms with van der Waals surface area (Å²) in [5.41, 5.74) is 0.400. The molecule has 0 saturated carbocycles. The van der Waals surface area contributed by atoms with Crippen molar-refractivity contribution in [2.75, 3.05) is 18.1 Å². The summed E-state index contributed by atoms with van der Waals surface area (Å²) in [7, 11) is -2.52. The molecule has 158 valence electrons. The van der Waals surface area contributed by atoms with E-state index in [1.165, 1.54) is 44.7 Å². The summed E-state index contributed by atoms with van der Waals surface area (Å²) in [6.45, 7) is 1.53. The number of nitriles is 1. The van der Waals surface area contributed by atoms with Crippen LogP contribution in [0.2, 0.25) is 0 Å². The predicted octanol–water partition coefficient (Wildman–Crippen LogP) is 1.79. The van der Waals surface area contributed by atoms with Crippen LogP contribution in [0.5, 0.6) is 0 Å². The van der Waals surface area contributed by atoms with Crippen LogP contribution in [0.15, 0.2) is 36.8 Å².